The number of nitrogens with one attached hydrogen (secondary N) is 1. The average Bonchev–Trinajstić information content (AvgIpc) is 2.84. The van der Waals surface area contributed by atoms with Crippen molar-refractivity contribution in [2.24, 2.45) is 0 Å². The number of rotatable bonds is 6. The minimum Gasteiger partial charge on any atom is -0.384 e. The standard InChI is InChI=1S/C16H19F3N2O3/c1-24-7-6-14(22)20-12-8-15(23)21(10-12)9-11-4-2-3-5-13(11)16(17,18)19/h2-5,12H,6-10H2,1H3,(H,20,22)/t12-/m0/s1. The molecule has 1 heterocycles. The van der Waals surface area contributed by atoms with E-state index >= 15 is 0 Å². The van der Waals surface area contributed by atoms with Crippen molar-refractivity contribution in [1.82, 2.24) is 10.2 Å². The van der Waals surface area contributed by atoms with Gasteiger partial charge in [0.25, 0.3) is 0 Å². The fraction of sp³-hybridized carbons (Fsp3) is 0.500. The molecule has 24 heavy (non-hydrogen) atoms. The molecule has 0 radical (unpaired) electrons. The quantitative estimate of drug-likeness (QED) is 0.858. The van der Waals surface area contributed by atoms with E-state index in [9.17, 15) is 22.8 Å². The zero-order chi connectivity index (χ0) is 17.7. The first kappa shape index (κ1) is 18.3. The summed E-state index contributed by atoms with van der Waals surface area (Å²) in [7, 11) is 1.48. The molecular formula is C16H19F3N2O3. The van der Waals surface area contributed by atoms with Crippen LogP contribution in [0, 0.1) is 0 Å². The molecule has 0 bridgehead atoms. The van der Waals surface area contributed by atoms with E-state index in [2.05, 4.69) is 5.32 Å². The van der Waals surface area contributed by atoms with Gasteiger partial charge in [-0.1, -0.05) is 18.2 Å². The number of methoxy groups -OCH3 is 1. The molecule has 1 saturated heterocycles. The molecular weight excluding hydrogens is 325 g/mol. The Morgan fingerprint density at radius 2 is 2.08 bits per heavy atom. The van der Waals surface area contributed by atoms with E-state index in [0.29, 0.717) is 0 Å². The maximum atomic E-state index is 13.0. The van der Waals surface area contributed by atoms with Gasteiger partial charge >= 0.3 is 6.18 Å². The Morgan fingerprint density at radius 3 is 2.75 bits per heavy atom. The molecule has 1 aromatic carbocycles. The highest BCUT2D eigenvalue weighted by molar-refractivity contribution is 5.82. The van der Waals surface area contributed by atoms with Crippen LogP contribution >= 0.6 is 0 Å². The Kier molecular flexibility index (Phi) is 5.82. The molecule has 5 nitrogen and oxygen atoms in total. The van der Waals surface area contributed by atoms with E-state index in [4.69, 9.17) is 4.74 Å². The number of hydrogen-bond donors (Lipinski definition) is 1. The van der Waals surface area contributed by atoms with Crippen LogP contribution in [-0.4, -0.2) is 43.0 Å². The van der Waals surface area contributed by atoms with Gasteiger partial charge in [-0.2, -0.15) is 13.2 Å². The molecule has 132 valence electrons. The molecule has 0 aliphatic carbocycles. The summed E-state index contributed by atoms with van der Waals surface area (Å²) in [5, 5.41) is 2.70. The summed E-state index contributed by atoms with van der Waals surface area (Å²) in [5.41, 5.74) is -0.699. The predicted molar refractivity (Wildman–Crippen MR) is 79.9 cm³/mol. The fourth-order valence-corrected chi connectivity index (χ4v) is 2.66. The molecule has 2 rings (SSSR count). The van der Waals surface area contributed by atoms with Crippen LogP contribution in [0.25, 0.3) is 0 Å². The molecule has 0 spiro atoms. The number of benzene rings is 1. The first-order valence-electron chi connectivity index (χ1n) is 7.52. The highest BCUT2D eigenvalue weighted by Gasteiger charge is 2.35. The van der Waals surface area contributed by atoms with Crippen LogP contribution in [0.15, 0.2) is 24.3 Å². The summed E-state index contributed by atoms with van der Waals surface area (Å²) in [6.07, 6.45) is -4.20. The second-order valence-corrected chi connectivity index (χ2v) is 5.64. The van der Waals surface area contributed by atoms with Gasteiger partial charge in [0, 0.05) is 33.0 Å². The molecule has 1 aliphatic rings. The number of nitrogens with zero attached hydrogens (tertiary/aromatic N) is 1. The van der Waals surface area contributed by atoms with E-state index in [-0.39, 0.29) is 56.0 Å². The van der Waals surface area contributed by atoms with Gasteiger partial charge in [-0.05, 0) is 11.6 Å². The summed E-state index contributed by atoms with van der Waals surface area (Å²) in [6.45, 7) is 0.345. The Labute approximate surface area is 137 Å². The van der Waals surface area contributed by atoms with Crippen LogP contribution in [0.4, 0.5) is 13.2 Å². The Bertz CT molecular complexity index is 604. The molecule has 1 N–H and O–H groups in total. The molecule has 0 unspecified atom stereocenters. The van der Waals surface area contributed by atoms with E-state index in [0.717, 1.165) is 6.07 Å². The number of carbonyl (C=O) groups is 2. The number of amides is 2. The zero-order valence-corrected chi connectivity index (χ0v) is 13.2. The van der Waals surface area contributed by atoms with Crippen molar-refractivity contribution in [3.05, 3.63) is 35.4 Å². The summed E-state index contributed by atoms with van der Waals surface area (Å²) in [4.78, 5) is 25.0. The van der Waals surface area contributed by atoms with Crippen LogP contribution in [0.3, 0.4) is 0 Å². The number of ether oxygens (including phenoxy) is 1. The molecule has 1 atom stereocenters. The Balaban J connectivity index is 2.00. The van der Waals surface area contributed by atoms with Crippen LogP contribution in [0.5, 0.6) is 0 Å². The van der Waals surface area contributed by atoms with E-state index in [1.165, 1.54) is 30.2 Å². The first-order chi connectivity index (χ1) is 11.3. The lowest BCUT2D eigenvalue weighted by molar-refractivity contribution is -0.139. The second kappa shape index (κ2) is 7.65. The minimum absolute atomic E-state index is 0.0460. The molecule has 1 aromatic rings. The Morgan fingerprint density at radius 1 is 1.38 bits per heavy atom. The summed E-state index contributed by atoms with van der Waals surface area (Å²) < 4.78 is 43.8. The first-order valence-corrected chi connectivity index (χ1v) is 7.52. The highest BCUT2D eigenvalue weighted by atomic mass is 19.4. The van der Waals surface area contributed by atoms with Gasteiger partial charge in [0.1, 0.15) is 0 Å². The lowest BCUT2D eigenvalue weighted by Gasteiger charge is -2.20. The average molecular weight is 344 g/mol. The van der Waals surface area contributed by atoms with Gasteiger partial charge in [0.05, 0.1) is 18.2 Å². The van der Waals surface area contributed by atoms with E-state index in [1.807, 2.05) is 0 Å². The zero-order valence-electron chi connectivity index (χ0n) is 13.2. The second-order valence-electron chi connectivity index (χ2n) is 5.64. The van der Waals surface area contributed by atoms with E-state index in [1.54, 1.807) is 0 Å². The molecule has 0 saturated carbocycles. The van der Waals surface area contributed by atoms with Gasteiger partial charge in [-0.15, -0.1) is 0 Å². The molecule has 8 heteroatoms. The van der Waals surface area contributed by atoms with Crippen LogP contribution in [0.1, 0.15) is 24.0 Å². The van der Waals surface area contributed by atoms with Crippen molar-refractivity contribution in [1.29, 1.82) is 0 Å². The minimum atomic E-state index is -4.47. The number of likely N-dealkylation sites (tertiary alicyclic amines) is 1. The summed E-state index contributed by atoms with van der Waals surface area (Å²) in [6, 6.07) is 4.80. The number of carbonyl (C=O) groups excluding carboxylic acids is 2. The monoisotopic (exact) mass is 344 g/mol. The van der Waals surface area contributed by atoms with E-state index < -0.39 is 11.7 Å². The van der Waals surface area contributed by atoms with Crippen molar-refractivity contribution in [2.45, 2.75) is 31.6 Å². The van der Waals surface area contributed by atoms with Gasteiger partial charge in [-0.25, -0.2) is 0 Å². The molecule has 2 amide bonds. The van der Waals surface area contributed by atoms with Crippen LogP contribution in [-0.2, 0) is 27.0 Å². The third-order valence-electron chi connectivity index (χ3n) is 3.80. The normalized spacial score (nSPS) is 18.1. The summed E-state index contributed by atoms with van der Waals surface area (Å²) >= 11 is 0. The van der Waals surface area contributed by atoms with Gasteiger partial charge in [0.15, 0.2) is 0 Å². The lowest BCUT2D eigenvalue weighted by Crippen LogP contribution is -2.37. The maximum Gasteiger partial charge on any atom is 0.416 e. The number of alkyl halides is 3. The van der Waals surface area contributed by atoms with Crippen molar-refractivity contribution in [2.75, 3.05) is 20.3 Å². The van der Waals surface area contributed by atoms with Crippen LogP contribution in [0.2, 0.25) is 0 Å². The third-order valence-corrected chi connectivity index (χ3v) is 3.80. The molecule has 0 aromatic heterocycles. The topological polar surface area (TPSA) is 58.6 Å². The molecule has 1 aliphatic heterocycles. The smallest absolute Gasteiger partial charge is 0.384 e. The molecule has 1 fully saturated rings. The van der Waals surface area contributed by atoms with Gasteiger partial charge in [-0.3, -0.25) is 9.59 Å². The largest absolute Gasteiger partial charge is 0.416 e. The highest BCUT2D eigenvalue weighted by Crippen LogP contribution is 2.32. The van der Waals surface area contributed by atoms with Crippen molar-refractivity contribution >= 4 is 11.8 Å². The number of hydrogen-bond acceptors (Lipinski definition) is 3. The third kappa shape index (κ3) is 4.70. The predicted octanol–water partition coefficient (Wildman–Crippen LogP) is 1.96. The van der Waals surface area contributed by atoms with Gasteiger partial charge in [0.2, 0.25) is 11.8 Å². The van der Waals surface area contributed by atoms with Crippen molar-refractivity contribution < 1.29 is 27.5 Å². The van der Waals surface area contributed by atoms with Crippen molar-refractivity contribution in [3.63, 3.8) is 0 Å². The number of halogens is 3. The fourth-order valence-electron chi connectivity index (χ4n) is 2.66. The lowest BCUT2D eigenvalue weighted by atomic mass is 10.1. The SMILES string of the molecule is COCCC(=O)N[C@H]1CC(=O)N(Cc2ccccc2C(F)(F)F)C1. The van der Waals surface area contributed by atoms with Crippen LogP contribution < -0.4 is 5.32 Å². The maximum absolute atomic E-state index is 13.0. The Hall–Kier alpha value is -2.09. The van der Waals surface area contributed by atoms with Gasteiger partial charge < -0.3 is 15.0 Å². The van der Waals surface area contributed by atoms with Crippen molar-refractivity contribution in [3.8, 4) is 0 Å². The summed E-state index contributed by atoms with van der Waals surface area (Å²) in [5.74, 6) is -0.517.